The van der Waals surface area contributed by atoms with Crippen molar-refractivity contribution in [2.24, 2.45) is 0 Å². The van der Waals surface area contributed by atoms with Crippen molar-refractivity contribution in [3.05, 3.63) is 52.3 Å². The number of aromatic nitrogens is 1. The second kappa shape index (κ2) is 5.56. The van der Waals surface area contributed by atoms with Gasteiger partial charge in [-0.1, -0.05) is 18.2 Å². The lowest BCUT2D eigenvalue weighted by atomic mass is 10.1. The highest BCUT2D eigenvalue weighted by Gasteiger charge is 2.17. The first-order valence-electron chi connectivity index (χ1n) is 6.91. The summed E-state index contributed by atoms with van der Waals surface area (Å²) in [5.41, 5.74) is 1.81. The second-order valence-corrected chi connectivity index (χ2v) is 8.04. The molecule has 0 amide bonds. The maximum Gasteiger partial charge on any atom is 0.347 e. The summed E-state index contributed by atoms with van der Waals surface area (Å²) in [5, 5.41) is 13.4. The van der Waals surface area contributed by atoms with Gasteiger partial charge in [-0.15, -0.1) is 34.0 Å². The van der Waals surface area contributed by atoms with E-state index in [0.717, 1.165) is 9.88 Å². The summed E-state index contributed by atoms with van der Waals surface area (Å²) in [6.45, 7) is 1.74. The molecule has 1 aromatic carbocycles. The zero-order valence-electron chi connectivity index (χ0n) is 12.1. The zero-order valence-corrected chi connectivity index (χ0v) is 14.5. The van der Waals surface area contributed by atoms with Crippen LogP contribution in [0.1, 0.15) is 15.4 Å². The molecule has 6 heteroatoms. The lowest BCUT2D eigenvalue weighted by Gasteiger charge is -1.94. The summed E-state index contributed by atoms with van der Waals surface area (Å²) in [6.07, 6.45) is 0. The molecule has 0 aliphatic carbocycles. The van der Waals surface area contributed by atoms with Crippen LogP contribution in [0.2, 0.25) is 0 Å². The van der Waals surface area contributed by atoms with Crippen molar-refractivity contribution in [3.63, 3.8) is 0 Å². The molecule has 4 rings (SSSR count). The van der Waals surface area contributed by atoms with Gasteiger partial charge >= 0.3 is 5.97 Å². The van der Waals surface area contributed by atoms with Crippen LogP contribution in [0.3, 0.4) is 0 Å². The largest absolute Gasteiger partial charge is 0.477 e. The summed E-state index contributed by atoms with van der Waals surface area (Å²) in [4.78, 5) is 18.1. The highest BCUT2D eigenvalue weighted by atomic mass is 32.1. The molecule has 0 radical (unpaired) electrons. The topological polar surface area (TPSA) is 50.2 Å². The number of thiazole rings is 1. The van der Waals surface area contributed by atoms with Gasteiger partial charge in [0.05, 0.1) is 10.6 Å². The van der Waals surface area contributed by atoms with E-state index >= 15 is 0 Å². The fourth-order valence-corrected chi connectivity index (χ4v) is 5.50. The summed E-state index contributed by atoms with van der Waals surface area (Å²) in [6, 6.07) is 12.5. The molecule has 114 valence electrons. The first-order valence-corrected chi connectivity index (χ1v) is 9.42. The number of carbonyl (C=O) groups is 1. The Labute approximate surface area is 144 Å². The number of thiophene rings is 2. The van der Waals surface area contributed by atoms with Gasteiger partial charge in [-0.2, -0.15) is 0 Å². The maximum absolute atomic E-state index is 11.2. The van der Waals surface area contributed by atoms with Gasteiger partial charge in [-0.25, -0.2) is 9.78 Å². The van der Waals surface area contributed by atoms with E-state index in [1.165, 1.54) is 31.9 Å². The number of aromatic carboxylic acids is 1. The molecule has 3 aromatic heterocycles. The third kappa shape index (κ3) is 2.49. The van der Waals surface area contributed by atoms with Gasteiger partial charge in [0, 0.05) is 25.9 Å². The minimum atomic E-state index is -0.910. The average Bonchev–Trinajstić information content (AvgIpc) is 3.23. The van der Waals surface area contributed by atoms with Crippen LogP contribution in [0.15, 0.2) is 41.8 Å². The van der Waals surface area contributed by atoms with E-state index in [2.05, 4.69) is 34.6 Å². The van der Waals surface area contributed by atoms with Gasteiger partial charge in [0.15, 0.2) is 0 Å². The lowest BCUT2D eigenvalue weighted by molar-refractivity contribution is 0.0701. The Morgan fingerprint density at radius 2 is 1.87 bits per heavy atom. The normalized spacial score (nSPS) is 11.2. The Hall–Kier alpha value is -2.02. The maximum atomic E-state index is 11.2. The molecule has 23 heavy (non-hydrogen) atoms. The first kappa shape index (κ1) is 14.6. The van der Waals surface area contributed by atoms with Gasteiger partial charge in [-0.05, 0) is 25.1 Å². The Morgan fingerprint density at radius 1 is 1.09 bits per heavy atom. The van der Waals surface area contributed by atoms with Crippen molar-refractivity contribution in [1.82, 2.24) is 4.98 Å². The molecule has 0 atom stereocenters. The molecule has 0 fully saturated rings. The van der Waals surface area contributed by atoms with Crippen LogP contribution in [-0.2, 0) is 0 Å². The Balaban J connectivity index is 1.77. The first-order chi connectivity index (χ1) is 11.1. The number of carboxylic acids is 1. The van der Waals surface area contributed by atoms with Crippen molar-refractivity contribution in [2.45, 2.75) is 6.92 Å². The summed E-state index contributed by atoms with van der Waals surface area (Å²) in [5.74, 6) is -0.910. The summed E-state index contributed by atoms with van der Waals surface area (Å²) < 4.78 is 1.27. The van der Waals surface area contributed by atoms with Gasteiger partial charge < -0.3 is 5.11 Å². The van der Waals surface area contributed by atoms with E-state index in [9.17, 15) is 9.90 Å². The molecule has 4 aromatic rings. The minimum Gasteiger partial charge on any atom is -0.477 e. The molecule has 0 spiro atoms. The fourth-order valence-electron chi connectivity index (χ4n) is 2.47. The predicted octanol–water partition coefficient (Wildman–Crippen LogP) is 5.76. The number of nitrogens with zero attached hydrogens (tertiary/aromatic N) is 1. The highest BCUT2D eigenvalue weighted by molar-refractivity contribution is 7.24. The molecule has 3 nitrogen and oxygen atoms in total. The van der Waals surface area contributed by atoms with Gasteiger partial charge in [-0.3, -0.25) is 0 Å². The molecule has 1 N–H and O–H groups in total. The van der Waals surface area contributed by atoms with Crippen LogP contribution in [0.5, 0.6) is 0 Å². The van der Waals surface area contributed by atoms with E-state index in [-0.39, 0.29) is 0 Å². The molecule has 0 bridgehead atoms. The van der Waals surface area contributed by atoms with E-state index < -0.39 is 5.97 Å². The molecule has 0 unspecified atom stereocenters. The summed E-state index contributed by atoms with van der Waals surface area (Å²) >= 11 is 4.63. The van der Waals surface area contributed by atoms with Gasteiger partial charge in [0.1, 0.15) is 9.88 Å². The summed E-state index contributed by atoms with van der Waals surface area (Å²) in [7, 11) is 0. The standard InChI is InChI=1S/C17H11NO2S3/c1-9-15(17(19)20)23-16(18-9)14-7-6-13(22-14)11-8-21-12-5-3-2-4-10(11)12/h2-8H,1H3,(H,19,20). The number of hydrogen-bond acceptors (Lipinski definition) is 5. The molecular formula is C17H11NO2S3. The quantitative estimate of drug-likeness (QED) is 0.507. The van der Waals surface area contributed by atoms with Crippen molar-refractivity contribution in [1.29, 1.82) is 0 Å². The Bertz CT molecular complexity index is 1030. The van der Waals surface area contributed by atoms with E-state index in [1.54, 1.807) is 29.6 Å². The molecule has 0 saturated heterocycles. The van der Waals surface area contributed by atoms with Crippen LogP contribution in [0, 0.1) is 6.92 Å². The van der Waals surface area contributed by atoms with Crippen LogP contribution < -0.4 is 0 Å². The predicted molar refractivity (Wildman–Crippen MR) is 97.9 cm³/mol. The van der Waals surface area contributed by atoms with Crippen molar-refractivity contribution < 1.29 is 9.90 Å². The Kier molecular flexibility index (Phi) is 3.52. The van der Waals surface area contributed by atoms with E-state index in [0.29, 0.717) is 10.6 Å². The average molecular weight is 357 g/mol. The molecular weight excluding hydrogens is 346 g/mol. The third-order valence-corrected chi connectivity index (χ3v) is 6.95. The number of carboxylic acid groups (broad SMARTS) is 1. The second-order valence-electron chi connectivity index (χ2n) is 5.05. The fraction of sp³-hybridized carbons (Fsp3) is 0.0588. The Morgan fingerprint density at radius 3 is 2.65 bits per heavy atom. The minimum absolute atomic E-state index is 0.316. The van der Waals surface area contributed by atoms with Crippen LogP contribution in [0.25, 0.3) is 30.4 Å². The third-order valence-electron chi connectivity index (χ3n) is 3.55. The molecule has 3 heterocycles. The number of hydrogen-bond donors (Lipinski definition) is 1. The van der Waals surface area contributed by atoms with Crippen molar-refractivity contribution in [3.8, 4) is 20.3 Å². The van der Waals surface area contributed by atoms with Crippen LogP contribution in [-0.4, -0.2) is 16.1 Å². The highest BCUT2D eigenvalue weighted by Crippen LogP contribution is 2.41. The monoisotopic (exact) mass is 357 g/mol. The zero-order chi connectivity index (χ0) is 16.0. The van der Waals surface area contributed by atoms with Crippen LogP contribution >= 0.6 is 34.0 Å². The number of aryl methyl sites for hydroxylation is 1. The molecule has 0 aliphatic rings. The molecule has 0 aliphatic heterocycles. The number of benzene rings is 1. The lowest BCUT2D eigenvalue weighted by Crippen LogP contribution is -1.94. The van der Waals surface area contributed by atoms with E-state index in [4.69, 9.17) is 0 Å². The van der Waals surface area contributed by atoms with E-state index in [1.807, 2.05) is 12.1 Å². The smallest absolute Gasteiger partial charge is 0.347 e. The van der Waals surface area contributed by atoms with Crippen molar-refractivity contribution >= 4 is 50.1 Å². The van der Waals surface area contributed by atoms with Crippen LogP contribution in [0.4, 0.5) is 0 Å². The SMILES string of the molecule is Cc1nc(-c2ccc(-c3csc4ccccc34)s2)sc1C(=O)O. The van der Waals surface area contributed by atoms with Gasteiger partial charge in [0.2, 0.25) is 0 Å². The number of rotatable bonds is 3. The molecule has 0 saturated carbocycles. The van der Waals surface area contributed by atoms with Gasteiger partial charge in [0.25, 0.3) is 0 Å². The number of fused-ring (bicyclic) bond motifs is 1. The van der Waals surface area contributed by atoms with Crippen molar-refractivity contribution in [2.75, 3.05) is 0 Å².